The summed E-state index contributed by atoms with van der Waals surface area (Å²) in [4.78, 5) is 20.6. The molecule has 5 nitrogen and oxygen atoms in total. The summed E-state index contributed by atoms with van der Waals surface area (Å²) in [6.45, 7) is 1.84. The number of aromatic nitrogens is 4. The highest BCUT2D eigenvalue weighted by molar-refractivity contribution is 5.33. The number of benzene rings is 1. The highest BCUT2D eigenvalue weighted by atomic mass is 16.1. The molecule has 5 heteroatoms. The number of hydrogen-bond acceptors (Lipinski definition) is 3. The summed E-state index contributed by atoms with van der Waals surface area (Å²) in [7, 11) is 0. The fourth-order valence-electron chi connectivity index (χ4n) is 2.00. The highest BCUT2D eigenvalue weighted by Gasteiger charge is 2.11. The Labute approximate surface area is 103 Å². The summed E-state index contributed by atoms with van der Waals surface area (Å²) in [5.41, 5.74) is 2.44. The number of hydrogen-bond donors (Lipinski definition) is 1. The van der Waals surface area contributed by atoms with Crippen LogP contribution in [0.5, 0.6) is 0 Å². The molecule has 0 amide bonds. The van der Waals surface area contributed by atoms with Crippen LogP contribution in [-0.2, 0) is 6.42 Å². The topological polar surface area (TPSA) is 63.1 Å². The van der Waals surface area contributed by atoms with Crippen molar-refractivity contribution in [2.24, 2.45) is 0 Å². The number of aromatic amines is 1. The van der Waals surface area contributed by atoms with Crippen LogP contribution in [0.4, 0.5) is 0 Å². The van der Waals surface area contributed by atoms with Gasteiger partial charge in [0.15, 0.2) is 0 Å². The number of aryl methyl sites for hydroxylation is 1. The van der Waals surface area contributed by atoms with Crippen molar-refractivity contribution >= 4 is 5.78 Å². The Balaban J connectivity index is 2.14. The molecule has 2 heterocycles. The molecule has 1 N–H and O–H groups in total. The lowest BCUT2D eigenvalue weighted by Gasteiger charge is -2.04. The van der Waals surface area contributed by atoms with Crippen LogP contribution >= 0.6 is 0 Å². The van der Waals surface area contributed by atoms with E-state index in [4.69, 9.17) is 0 Å². The van der Waals surface area contributed by atoms with Crippen molar-refractivity contribution < 1.29 is 0 Å². The fraction of sp³-hybridized carbons (Fsp3) is 0.154. The molecule has 2 aromatic heterocycles. The van der Waals surface area contributed by atoms with E-state index in [1.165, 1.54) is 10.8 Å². The third-order valence-corrected chi connectivity index (χ3v) is 2.96. The number of rotatable bonds is 2. The Kier molecular flexibility index (Phi) is 2.44. The Bertz CT molecular complexity index is 743. The molecule has 90 valence electrons. The number of H-pyrrole nitrogens is 1. The molecule has 3 aromatic rings. The SMILES string of the molecule is Cc1nc2nc[nH]n2c(=O)c1Cc1ccccc1. The molecule has 0 atom stereocenters. The lowest BCUT2D eigenvalue weighted by atomic mass is 10.1. The van der Waals surface area contributed by atoms with Crippen molar-refractivity contribution in [3.8, 4) is 0 Å². The van der Waals surface area contributed by atoms with Gasteiger partial charge in [-0.1, -0.05) is 30.3 Å². The van der Waals surface area contributed by atoms with Crippen LogP contribution in [0.15, 0.2) is 41.5 Å². The second-order valence-corrected chi connectivity index (χ2v) is 4.17. The predicted octanol–water partition coefficient (Wildman–Crippen LogP) is 1.32. The van der Waals surface area contributed by atoms with E-state index in [0.29, 0.717) is 17.8 Å². The molecule has 3 rings (SSSR count). The highest BCUT2D eigenvalue weighted by Crippen LogP contribution is 2.08. The van der Waals surface area contributed by atoms with Crippen LogP contribution in [0.25, 0.3) is 5.78 Å². The van der Waals surface area contributed by atoms with Crippen LogP contribution in [0.1, 0.15) is 16.8 Å². The Morgan fingerprint density at radius 1 is 1.28 bits per heavy atom. The van der Waals surface area contributed by atoms with Crippen molar-refractivity contribution in [2.45, 2.75) is 13.3 Å². The van der Waals surface area contributed by atoms with Crippen LogP contribution in [0.3, 0.4) is 0 Å². The molecule has 0 unspecified atom stereocenters. The van der Waals surface area contributed by atoms with Crippen molar-refractivity contribution in [3.63, 3.8) is 0 Å². The van der Waals surface area contributed by atoms with Gasteiger partial charge in [-0.05, 0) is 12.5 Å². The van der Waals surface area contributed by atoms with Gasteiger partial charge in [0, 0.05) is 12.0 Å². The first-order chi connectivity index (χ1) is 8.75. The molecule has 0 fully saturated rings. The molecule has 0 spiro atoms. The summed E-state index contributed by atoms with van der Waals surface area (Å²) in [5, 5.41) is 2.77. The third kappa shape index (κ3) is 1.69. The van der Waals surface area contributed by atoms with E-state index >= 15 is 0 Å². The second kappa shape index (κ2) is 4.10. The predicted molar refractivity (Wildman–Crippen MR) is 67.6 cm³/mol. The van der Waals surface area contributed by atoms with Crippen molar-refractivity contribution in [1.82, 2.24) is 19.6 Å². The molecule has 0 aliphatic rings. The number of nitrogens with zero attached hydrogens (tertiary/aromatic N) is 3. The molecule has 0 bridgehead atoms. The molecule has 18 heavy (non-hydrogen) atoms. The molecular formula is C13H12N4O. The first-order valence-corrected chi connectivity index (χ1v) is 5.71. The average Bonchev–Trinajstić information content (AvgIpc) is 2.84. The van der Waals surface area contributed by atoms with Crippen LogP contribution < -0.4 is 5.56 Å². The van der Waals surface area contributed by atoms with Crippen LogP contribution in [0.2, 0.25) is 0 Å². The van der Waals surface area contributed by atoms with E-state index in [2.05, 4.69) is 15.1 Å². The summed E-state index contributed by atoms with van der Waals surface area (Å²) < 4.78 is 1.37. The van der Waals surface area contributed by atoms with Gasteiger partial charge in [0.2, 0.25) is 0 Å². The summed E-state index contributed by atoms with van der Waals surface area (Å²) in [6, 6.07) is 9.88. The van der Waals surface area contributed by atoms with Gasteiger partial charge in [-0.3, -0.25) is 9.89 Å². The zero-order chi connectivity index (χ0) is 12.5. The molecule has 0 aliphatic heterocycles. The first kappa shape index (κ1) is 10.7. The second-order valence-electron chi connectivity index (χ2n) is 4.17. The molecule has 0 aliphatic carbocycles. The maximum absolute atomic E-state index is 12.3. The van der Waals surface area contributed by atoms with Gasteiger partial charge in [-0.2, -0.15) is 4.52 Å². The largest absolute Gasteiger partial charge is 0.278 e. The van der Waals surface area contributed by atoms with Gasteiger partial charge in [0.1, 0.15) is 6.33 Å². The number of nitrogens with one attached hydrogen (secondary N) is 1. The molecule has 0 saturated carbocycles. The summed E-state index contributed by atoms with van der Waals surface area (Å²) in [5.74, 6) is 0.411. The monoisotopic (exact) mass is 240 g/mol. The van der Waals surface area contributed by atoms with Gasteiger partial charge in [-0.25, -0.2) is 9.97 Å². The molecule has 0 saturated heterocycles. The van der Waals surface area contributed by atoms with E-state index < -0.39 is 0 Å². The first-order valence-electron chi connectivity index (χ1n) is 5.71. The Morgan fingerprint density at radius 3 is 2.83 bits per heavy atom. The standard InChI is InChI=1S/C13H12N4O/c1-9-11(7-10-5-3-2-4-6-10)12(18)17-13(16-9)14-8-15-17/h2-6,8H,7H2,1H3,(H,14,15,16). The lowest BCUT2D eigenvalue weighted by molar-refractivity contribution is 0.858. The van der Waals surface area contributed by atoms with Gasteiger partial charge in [-0.15, -0.1) is 0 Å². The minimum Gasteiger partial charge on any atom is -0.278 e. The van der Waals surface area contributed by atoms with Crippen molar-refractivity contribution in [3.05, 3.63) is 63.8 Å². The van der Waals surface area contributed by atoms with Gasteiger partial charge in [0.05, 0.1) is 5.69 Å². The summed E-state index contributed by atoms with van der Waals surface area (Å²) >= 11 is 0. The number of fused-ring (bicyclic) bond motifs is 1. The van der Waals surface area contributed by atoms with E-state index in [-0.39, 0.29) is 5.56 Å². The normalized spacial score (nSPS) is 10.9. The molecular weight excluding hydrogens is 228 g/mol. The smallest absolute Gasteiger partial charge is 0.277 e. The van der Waals surface area contributed by atoms with Gasteiger partial charge < -0.3 is 0 Å². The fourth-order valence-corrected chi connectivity index (χ4v) is 2.00. The zero-order valence-electron chi connectivity index (χ0n) is 9.92. The van der Waals surface area contributed by atoms with Crippen molar-refractivity contribution in [2.75, 3.05) is 0 Å². The average molecular weight is 240 g/mol. The minimum absolute atomic E-state index is 0.0844. The van der Waals surface area contributed by atoms with E-state index in [0.717, 1.165) is 11.3 Å². The quantitative estimate of drug-likeness (QED) is 0.734. The third-order valence-electron chi connectivity index (χ3n) is 2.96. The minimum atomic E-state index is -0.0844. The van der Waals surface area contributed by atoms with E-state index in [1.54, 1.807) is 0 Å². The lowest BCUT2D eigenvalue weighted by Crippen LogP contribution is -2.22. The maximum Gasteiger partial charge on any atom is 0.277 e. The Hall–Kier alpha value is -2.43. The Morgan fingerprint density at radius 2 is 2.06 bits per heavy atom. The maximum atomic E-state index is 12.3. The zero-order valence-corrected chi connectivity index (χ0v) is 9.92. The van der Waals surface area contributed by atoms with Crippen molar-refractivity contribution in [1.29, 1.82) is 0 Å². The van der Waals surface area contributed by atoms with Gasteiger partial charge in [0.25, 0.3) is 11.3 Å². The molecule has 1 aromatic carbocycles. The van der Waals surface area contributed by atoms with Gasteiger partial charge >= 0.3 is 0 Å². The van der Waals surface area contributed by atoms with Crippen LogP contribution in [0, 0.1) is 6.92 Å². The summed E-state index contributed by atoms with van der Waals surface area (Å²) in [6.07, 6.45) is 2.05. The van der Waals surface area contributed by atoms with E-state index in [9.17, 15) is 4.79 Å². The van der Waals surface area contributed by atoms with E-state index in [1.807, 2.05) is 37.3 Å². The molecule has 0 radical (unpaired) electrons. The van der Waals surface area contributed by atoms with Crippen LogP contribution in [-0.4, -0.2) is 19.6 Å².